The van der Waals surface area contributed by atoms with Crippen molar-refractivity contribution in [2.24, 2.45) is 11.8 Å². The number of anilines is 1. The number of carbonyl (C=O) groups excluding carboxylic acids is 1. The van der Waals surface area contributed by atoms with Gasteiger partial charge < -0.3 is 10.6 Å². The zero-order valence-corrected chi connectivity index (χ0v) is 18.3. The third-order valence-corrected chi connectivity index (χ3v) is 7.77. The van der Waals surface area contributed by atoms with Crippen LogP contribution in [0.25, 0.3) is 32.5 Å². The molecule has 9 heteroatoms. The summed E-state index contributed by atoms with van der Waals surface area (Å²) in [4.78, 5) is 27.2. The molecular formula is C23H23N7OS. The lowest BCUT2D eigenvalue weighted by Crippen LogP contribution is -2.27. The van der Waals surface area contributed by atoms with Crippen molar-refractivity contribution >= 4 is 44.3 Å². The third-order valence-electron chi connectivity index (χ3n) is 6.98. The fourth-order valence-electron chi connectivity index (χ4n) is 5.39. The van der Waals surface area contributed by atoms with Gasteiger partial charge in [0.15, 0.2) is 5.65 Å². The predicted molar refractivity (Wildman–Crippen MR) is 125 cm³/mol. The number of likely N-dealkylation sites (tertiary alicyclic amines) is 1. The Morgan fingerprint density at radius 3 is 2.94 bits per heavy atom. The Morgan fingerprint density at radius 2 is 2.06 bits per heavy atom. The zero-order chi connectivity index (χ0) is 21.8. The van der Waals surface area contributed by atoms with Gasteiger partial charge in [-0.05, 0) is 49.3 Å². The van der Waals surface area contributed by atoms with Crippen LogP contribution in [0.15, 0.2) is 42.7 Å². The van der Waals surface area contributed by atoms with E-state index in [-0.39, 0.29) is 11.9 Å². The number of rotatable bonds is 3. The number of hydrogen-bond acceptors (Lipinski definition) is 7. The van der Waals surface area contributed by atoms with Crippen molar-refractivity contribution < 1.29 is 4.79 Å². The summed E-state index contributed by atoms with van der Waals surface area (Å²) in [7, 11) is 0. The number of nitrogen functional groups attached to an aromatic ring is 1. The summed E-state index contributed by atoms with van der Waals surface area (Å²) in [6, 6.07) is 6.37. The van der Waals surface area contributed by atoms with E-state index >= 15 is 0 Å². The molecule has 3 aromatic heterocycles. The van der Waals surface area contributed by atoms with Gasteiger partial charge in [-0.25, -0.2) is 19.6 Å². The molecule has 1 aliphatic heterocycles. The van der Waals surface area contributed by atoms with E-state index in [9.17, 15) is 4.79 Å². The SMILES string of the molecule is C=CC(=O)N1CC2CCC(n3nc(-c4ccc5ncsc5c4)c4c(N)ncnc43)CC2C1. The second-order valence-electron chi connectivity index (χ2n) is 8.72. The molecule has 162 valence electrons. The molecule has 1 aromatic carbocycles. The van der Waals surface area contributed by atoms with E-state index in [4.69, 9.17) is 10.8 Å². The minimum absolute atomic E-state index is 0.0294. The highest BCUT2D eigenvalue weighted by molar-refractivity contribution is 7.16. The van der Waals surface area contributed by atoms with Gasteiger partial charge >= 0.3 is 0 Å². The normalized spacial score (nSPS) is 23.0. The highest BCUT2D eigenvalue weighted by atomic mass is 32.1. The van der Waals surface area contributed by atoms with Crippen molar-refractivity contribution in [2.75, 3.05) is 18.8 Å². The maximum absolute atomic E-state index is 12.1. The number of aromatic nitrogens is 5. The van der Waals surface area contributed by atoms with Crippen LogP contribution in [0.2, 0.25) is 0 Å². The Morgan fingerprint density at radius 1 is 1.19 bits per heavy atom. The van der Waals surface area contributed by atoms with Crippen LogP contribution in [0, 0.1) is 11.8 Å². The van der Waals surface area contributed by atoms with Gasteiger partial charge in [0, 0.05) is 18.7 Å². The zero-order valence-electron chi connectivity index (χ0n) is 17.5. The number of thiazole rings is 1. The molecule has 3 unspecified atom stereocenters. The average Bonchev–Trinajstić information content (AvgIpc) is 3.54. The first-order chi connectivity index (χ1) is 15.6. The van der Waals surface area contributed by atoms with E-state index in [1.54, 1.807) is 11.3 Å². The monoisotopic (exact) mass is 445 g/mol. The Hall–Kier alpha value is -3.33. The van der Waals surface area contributed by atoms with Gasteiger partial charge in [-0.2, -0.15) is 5.10 Å². The van der Waals surface area contributed by atoms with E-state index in [0.717, 1.165) is 64.9 Å². The van der Waals surface area contributed by atoms with Crippen LogP contribution in [0.5, 0.6) is 0 Å². The fraction of sp³-hybridized carbons (Fsp3) is 0.348. The van der Waals surface area contributed by atoms with Crippen LogP contribution in [-0.4, -0.2) is 48.6 Å². The summed E-state index contributed by atoms with van der Waals surface area (Å²) in [5.41, 5.74) is 11.7. The summed E-state index contributed by atoms with van der Waals surface area (Å²) >= 11 is 1.61. The third kappa shape index (κ3) is 2.99. The second kappa shape index (κ2) is 7.37. The lowest BCUT2D eigenvalue weighted by atomic mass is 9.79. The number of fused-ring (bicyclic) bond motifs is 3. The topological polar surface area (TPSA) is 103 Å². The van der Waals surface area contributed by atoms with E-state index in [0.29, 0.717) is 17.7 Å². The first kappa shape index (κ1) is 19.4. The molecule has 32 heavy (non-hydrogen) atoms. The summed E-state index contributed by atoms with van der Waals surface area (Å²) < 4.78 is 3.16. The molecule has 3 atom stereocenters. The highest BCUT2D eigenvalue weighted by Crippen LogP contribution is 2.43. The molecule has 1 saturated heterocycles. The summed E-state index contributed by atoms with van der Waals surface area (Å²) in [6.07, 6.45) is 5.98. The molecular weight excluding hydrogens is 422 g/mol. The first-order valence-corrected chi connectivity index (χ1v) is 11.7. The van der Waals surface area contributed by atoms with Crippen LogP contribution in [-0.2, 0) is 4.79 Å². The quantitative estimate of drug-likeness (QED) is 0.483. The Bertz CT molecular complexity index is 1360. The molecule has 1 amide bonds. The maximum atomic E-state index is 12.1. The Labute approximate surface area is 188 Å². The lowest BCUT2D eigenvalue weighted by Gasteiger charge is -2.31. The lowest BCUT2D eigenvalue weighted by molar-refractivity contribution is -0.125. The van der Waals surface area contributed by atoms with Crippen molar-refractivity contribution in [1.82, 2.24) is 29.6 Å². The van der Waals surface area contributed by atoms with E-state index in [1.807, 2.05) is 27.2 Å². The van der Waals surface area contributed by atoms with Crippen molar-refractivity contribution in [3.05, 3.63) is 42.7 Å². The van der Waals surface area contributed by atoms with Gasteiger partial charge in [0.05, 0.1) is 27.2 Å². The predicted octanol–water partition coefficient (Wildman–Crippen LogP) is 3.67. The summed E-state index contributed by atoms with van der Waals surface area (Å²) in [5.74, 6) is 1.48. The standard InChI is InChI=1S/C23H23N7OS/c1-2-19(31)29-9-14-3-5-16(7-15(14)10-29)30-23-20(22(24)25-11-26-23)21(28-30)13-4-6-17-18(8-13)32-12-27-17/h2,4,6,8,11-12,14-16H,1,3,5,7,9-10H2,(H2,24,25,26). The molecule has 0 radical (unpaired) electrons. The minimum atomic E-state index is 0.0294. The fourth-order valence-corrected chi connectivity index (χ4v) is 6.11. The van der Waals surface area contributed by atoms with E-state index in [2.05, 4.69) is 27.6 Å². The van der Waals surface area contributed by atoms with Crippen LogP contribution in [0.3, 0.4) is 0 Å². The van der Waals surface area contributed by atoms with Crippen molar-refractivity contribution in [3.63, 3.8) is 0 Å². The number of nitrogens with zero attached hydrogens (tertiary/aromatic N) is 6. The number of hydrogen-bond donors (Lipinski definition) is 1. The van der Waals surface area contributed by atoms with Gasteiger partial charge in [0.2, 0.25) is 5.91 Å². The van der Waals surface area contributed by atoms with E-state index in [1.165, 1.54) is 12.4 Å². The molecule has 6 rings (SSSR count). The second-order valence-corrected chi connectivity index (χ2v) is 9.61. The number of nitrogens with two attached hydrogens (primary N) is 1. The van der Waals surface area contributed by atoms with Crippen LogP contribution >= 0.6 is 11.3 Å². The van der Waals surface area contributed by atoms with Gasteiger partial charge in [0.25, 0.3) is 0 Å². The van der Waals surface area contributed by atoms with E-state index < -0.39 is 0 Å². The molecule has 2 aliphatic rings. The molecule has 2 fully saturated rings. The van der Waals surface area contributed by atoms with Crippen LogP contribution in [0.4, 0.5) is 5.82 Å². The largest absolute Gasteiger partial charge is 0.383 e. The molecule has 4 aromatic rings. The number of carbonyl (C=O) groups is 1. The van der Waals surface area contributed by atoms with Gasteiger partial charge in [-0.1, -0.05) is 12.6 Å². The van der Waals surface area contributed by atoms with Gasteiger partial charge in [-0.3, -0.25) is 4.79 Å². The minimum Gasteiger partial charge on any atom is -0.383 e. The summed E-state index contributed by atoms with van der Waals surface area (Å²) in [6.45, 7) is 5.26. The molecule has 0 bridgehead atoms. The Balaban J connectivity index is 1.39. The number of benzene rings is 1. The maximum Gasteiger partial charge on any atom is 0.245 e. The molecule has 4 heterocycles. The molecule has 1 aliphatic carbocycles. The summed E-state index contributed by atoms with van der Waals surface area (Å²) in [5, 5.41) is 5.84. The van der Waals surface area contributed by atoms with Crippen LogP contribution < -0.4 is 5.73 Å². The number of amides is 1. The van der Waals surface area contributed by atoms with Crippen molar-refractivity contribution in [3.8, 4) is 11.3 Å². The molecule has 0 spiro atoms. The average molecular weight is 446 g/mol. The van der Waals surface area contributed by atoms with Gasteiger partial charge in [0.1, 0.15) is 17.8 Å². The Kier molecular flexibility index (Phi) is 4.46. The smallest absolute Gasteiger partial charge is 0.245 e. The molecule has 1 saturated carbocycles. The first-order valence-electron chi connectivity index (χ1n) is 10.9. The molecule has 8 nitrogen and oxygen atoms in total. The highest BCUT2D eigenvalue weighted by Gasteiger charge is 2.40. The van der Waals surface area contributed by atoms with Gasteiger partial charge in [-0.15, -0.1) is 11.3 Å². The molecule has 2 N–H and O–H groups in total. The van der Waals surface area contributed by atoms with Crippen molar-refractivity contribution in [2.45, 2.75) is 25.3 Å². The van der Waals surface area contributed by atoms with Crippen molar-refractivity contribution in [1.29, 1.82) is 0 Å². The van der Waals surface area contributed by atoms with Crippen LogP contribution in [0.1, 0.15) is 25.3 Å².